The van der Waals surface area contributed by atoms with E-state index in [1.54, 1.807) is 6.08 Å². The molecule has 1 amide bonds. The molecule has 1 saturated carbocycles. The summed E-state index contributed by atoms with van der Waals surface area (Å²) in [6.07, 6.45) is 8.40. The number of nitrogens with one attached hydrogen (secondary N) is 1. The van der Waals surface area contributed by atoms with E-state index in [0.717, 1.165) is 12.0 Å². The second kappa shape index (κ2) is 13.4. The first kappa shape index (κ1) is 29.3. The van der Waals surface area contributed by atoms with Crippen LogP contribution in [0.15, 0.2) is 23.8 Å². The minimum absolute atomic E-state index is 0.00239. The van der Waals surface area contributed by atoms with Gasteiger partial charge in [0.05, 0.1) is 6.04 Å². The molecule has 1 heterocycles. The maximum absolute atomic E-state index is 12.6. The highest BCUT2D eigenvalue weighted by molar-refractivity contribution is 6.41. The molecule has 194 valence electrons. The van der Waals surface area contributed by atoms with E-state index in [4.69, 9.17) is 37.4 Å². The van der Waals surface area contributed by atoms with Crippen molar-refractivity contribution in [3.63, 3.8) is 0 Å². The number of alkyl halides is 2. The topological polar surface area (TPSA) is 94.1 Å². The summed E-state index contributed by atoms with van der Waals surface area (Å²) in [5, 5.41) is 12.0. The lowest BCUT2D eigenvalue weighted by atomic mass is 9.73. The number of halogens is 2. The van der Waals surface area contributed by atoms with Crippen LogP contribution in [0.3, 0.4) is 0 Å². The molecule has 2 N–H and O–H groups in total. The van der Waals surface area contributed by atoms with Gasteiger partial charge in [-0.05, 0) is 19.3 Å². The predicted octanol–water partition coefficient (Wildman–Crippen LogP) is 3.89. The summed E-state index contributed by atoms with van der Waals surface area (Å²) in [6, 6.07) is -0.705. The van der Waals surface area contributed by atoms with Gasteiger partial charge in [0.15, 0.2) is 12.1 Å². The summed E-state index contributed by atoms with van der Waals surface area (Å²) < 4.78 is 16.6. The largest absolute Gasteiger partial charge is 0.384 e. The Morgan fingerprint density at radius 2 is 1.94 bits per heavy atom. The number of carbonyl (C=O) groups excluding carboxylic acids is 2. The molecular formula is C25H39Cl2NO6. The molecule has 0 spiro atoms. The third-order valence-corrected chi connectivity index (χ3v) is 7.48. The highest BCUT2D eigenvalue weighted by Crippen LogP contribution is 2.43. The number of Topliss-reactive ketones (excluding diaryl/α,β-unsaturated/α-hetero) is 1. The average Bonchev–Trinajstić information content (AvgIpc) is 2.79. The van der Waals surface area contributed by atoms with Gasteiger partial charge in [-0.25, -0.2) is 0 Å². The van der Waals surface area contributed by atoms with Crippen LogP contribution in [-0.2, 0) is 23.8 Å². The number of ketones is 1. The molecule has 34 heavy (non-hydrogen) atoms. The molecule has 8 atom stereocenters. The van der Waals surface area contributed by atoms with Gasteiger partial charge in [-0.2, -0.15) is 0 Å². The van der Waals surface area contributed by atoms with E-state index in [9.17, 15) is 14.7 Å². The number of unbranched alkanes of at least 4 members (excludes halogenated alkanes) is 3. The van der Waals surface area contributed by atoms with Crippen molar-refractivity contribution >= 4 is 34.9 Å². The number of carbonyl (C=O) groups is 2. The smallest absolute Gasteiger partial charge is 0.244 e. The van der Waals surface area contributed by atoms with Gasteiger partial charge < -0.3 is 24.6 Å². The Kier molecular flexibility index (Phi) is 11.5. The number of hydrogen-bond donors (Lipinski definition) is 2. The second-order valence-corrected chi connectivity index (χ2v) is 10.3. The third-order valence-electron chi connectivity index (χ3n) is 6.59. The quantitative estimate of drug-likeness (QED) is 0.186. The van der Waals surface area contributed by atoms with Gasteiger partial charge in [-0.3, -0.25) is 9.59 Å². The number of fused-ring (bicyclic) bond motifs is 1. The number of amides is 1. The van der Waals surface area contributed by atoms with Crippen molar-refractivity contribution in [2.75, 3.05) is 14.2 Å². The zero-order valence-electron chi connectivity index (χ0n) is 20.8. The fraction of sp³-hybridized carbons (Fsp3) is 0.760. The van der Waals surface area contributed by atoms with Crippen LogP contribution in [0, 0.1) is 5.92 Å². The molecule has 2 fully saturated rings. The maximum atomic E-state index is 12.6. The van der Waals surface area contributed by atoms with Crippen LogP contribution in [0.25, 0.3) is 0 Å². The fourth-order valence-electron chi connectivity index (χ4n) is 4.81. The molecule has 0 radical (unpaired) electrons. The van der Waals surface area contributed by atoms with E-state index in [-0.39, 0.29) is 12.3 Å². The SMILES string of the molecule is CCCCCCC(C)C=C(C)C=CC(=O)NC1CC2(O)C(OC)C(Cl)C(=O)C(Cl)C2OC1OC. The molecule has 9 heteroatoms. The second-order valence-electron chi connectivity index (χ2n) is 9.40. The first-order chi connectivity index (χ1) is 16.1. The number of allylic oxidation sites excluding steroid dienone is 3. The molecule has 0 aromatic heterocycles. The minimum atomic E-state index is -1.68. The molecule has 1 aliphatic heterocycles. The normalized spacial score (nSPS) is 35.3. The third kappa shape index (κ3) is 7.05. The van der Waals surface area contributed by atoms with Crippen molar-refractivity contribution in [3.05, 3.63) is 23.8 Å². The summed E-state index contributed by atoms with van der Waals surface area (Å²) >= 11 is 12.5. The lowest BCUT2D eigenvalue weighted by Gasteiger charge is -2.53. The molecule has 1 aliphatic carbocycles. The summed E-state index contributed by atoms with van der Waals surface area (Å²) in [6.45, 7) is 6.34. The molecule has 0 aromatic carbocycles. The molecular weight excluding hydrogens is 481 g/mol. The van der Waals surface area contributed by atoms with Crippen molar-refractivity contribution in [3.8, 4) is 0 Å². The molecule has 0 bridgehead atoms. The Bertz CT molecular complexity index is 760. The molecule has 2 rings (SSSR count). The van der Waals surface area contributed by atoms with Gasteiger partial charge in [-0.15, -0.1) is 23.2 Å². The predicted molar refractivity (Wildman–Crippen MR) is 133 cm³/mol. The van der Waals surface area contributed by atoms with E-state index in [2.05, 4.69) is 25.2 Å². The lowest BCUT2D eigenvalue weighted by Crippen LogP contribution is -2.73. The molecule has 0 aromatic rings. The van der Waals surface area contributed by atoms with E-state index < -0.39 is 46.7 Å². The first-order valence-corrected chi connectivity index (χ1v) is 12.9. The highest BCUT2D eigenvalue weighted by Gasteiger charge is 2.63. The van der Waals surface area contributed by atoms with Crippen LogP contribution in [0.4, 0.5) is 0 Å². The lowest BCUT2D eigenvalue weighted by molar-refractivity contribution is -0.283. The Labute approximate surface area is 213 Å². The standard InChI is InChI=1S/C25H39Cl2NO6/c1-6-7-8-9-10-15(2)13-16(3)11-12-18(29)28-17-14-25(31)22(32-4)19(26)21(30)20(27)23(25)34-24(17)33-5/h11-13,15,17,19-20,22-24,31H,6-10,14H2,1-5H3,(H,28,29). The van der Waals surface area contributed by atoms with Crippen LogP contribution >= 0.6 is 23.2 Å². The Morgan fingerprint density at radius 1 is 1.24 bits per heavy atom. The van der Waals surface area contributed by atoms with Gasteiger partial charge in [0.25, 0.3) is 0 Å². The summed E-state index contributed by atoms with van der Waals surface area (Å²) in [5.74, 6) is -0.397. The molecule has 8 unspecified atom stereocenters. The molecule has 7 nitrogen and oxygen atoms in total. The van der Waals surface area contributed by atoms with Crippen molar-refractivity contribution < 1.29 is 28.9 Å². The van der Waals surface area contributed by atoms with Crippen molar-refractivity contribution in [1.29, 1.82) is 0 Å². The number of rotatable bonds is 11. The van der Waals surface area contributed by atoms with Crippen molar-refractivity contribution in [2.24, 2.45) is 5.92 Å². The summed E-state index contributed by atoms with van der Waals surface area (Å²) in [5.41, 5.74) is -0.679. The van der Waals surface area contributed by atoms with E-state index in [1.807, 2.05) is 6.92 Å². The summed E-state index contributed by atoms with van der Waals surface area (Å²) in [7, 11) is 2.78. The zero-order valence-corrected chi connectivity index (χ0v) is 22.3. The van der Waals surface area contributed by atoms with Crippen LogP contribution in [0.5, 0.6) is 0 Å². The van der Waals surface area contributed by atoms with Crippen LogP contribution in [-0.4, -0.2) is 71.9 Å². The molecule has 2 aliphatic rings. The van der Waals surface area contributed by atoms with Crippen LogP contribution < -0.4 is 5.32 Å². The Morgan fingerprint density at radius 3 is 2.56 bits per heavy atom. The van der Waals surface area contributed by atoms with Gasteiger partial charge in [-0.1, -0.05) is 57.3 Å². The number of methoxy groups -OCH3 is 2. The maximum Gasteiger partial charge on any atom is 0.244 e. The van der Waals surface area contributed by atoms with Crippen LogP contribution in [0.2, 0.25) is 0 Å². The number of hydrogen-bond acceptors (Lipinski definition) is 6. The first-order valence-electron chi connectivity index (χ1n) is 12.0. The number of aliphatic hydroxyl groups is 1. The van der Waals surface area contributed by atoms with E-state index in [1.165, 1.54) is 46.0 Å². The van der Waals surface area contributed by atoms with Crippen LogP contribution in [0.1, 0.15) is 59.3 Å². The molecule has 1 saturated heterocycles. The monoisotopic (exact) mass is 519 g/mol. The van der Waals surface area contributed by atoms with Gasteiger partial charge in [0.1, 0.15) is 28.6 Å². The van der Waals surface area contributed by atoms with Crippen molar-refractivity contribution in [2.45, 2.75) is 100 Å². The average molecular weight is 520 g/mol. The Hall–Kier alpha value is -0.960. The zero-order chi connectivity index (χ0) is 25.5. The van der Waals surface area contributed by atoms with Crippen molar-refractivity contribution in [1.82, 2.24) is 5.32 Å². The minimum Gasteiger partial charge on any atom is -0.384 e. The summed E-state index contributed by atoms with van der Waals surface area (Å²) in [4.78, 5) is 25.0. The van der Waals surface area contributed by atoms with E-state index >= 15 is 0 Å². The number of ether oxygens (including phenoxy) is 3. The highest BCUT2D eigenvalue weighted by atomic mass is 35.5. The van der Waals surface area contributed by atoms with Gasteiger partial charge in [0.2, 0.25) is 5.91 Å². The fourth-order valence-corrected chi connectivity index (χ4v) is 5.74. The Balaban J connectivity index is 2.04. The van der Waals surface area contributed by atoms with Gasteiger partial charge in [0, 0.05) is 26.7 Å². The van der Waals surface area contributed by atoms with Gasteiger partial charge >= 0.3 is 0 Å². The van der Waals surface area contributed by atoms with E-state index in [0.29, 0.717) is 5.92 Å².